The Balaban J connectivity index is 1.66. The van der Waals surface area contributed by atoms with E-state index in [2.05, 4.69) is 14.9 Å². The van der Waals surface area contributed by atoms with E-state index in [0.717, 1.165) is 25.9 Å². The zero-order valence-electron chi connectivity index (χ0n) is 18.7. The molecular weight excluding hydrogens is 484 g/mol. The van der Waals surface area contributed by atoms with Gasteiger partial charge >= 0.3 is 0 Å². The summed E-state index contributed by atoms with van der Waals surface area (Å²) in [5.41, 5.74) is 2.02. The number of rotatable bonds is 7. The third kappa shape index (κ3) is 6.01. The van der Waals surface area contributed by atoms with E-state index in [9.17, 15) is 18.5 Å². The van der Waals surface area contributed by atoms with Gasteiger partial charge in [0, 0.05) is 23.8 Å². The molecule has 0 saturated carbocycles. The molecule has 0 bridgehead atoms. The number of nitrogens with zero attached hydrogens (tertiary/aromatic N) is 2. The van der Waals surface area contributed by atoms with Crippen molar-refractivity contribution in [2.24, 2.45) is 0 Å². The topological polar surface area (TPSA) is 102 Å². The minimum Gasteiger partial charge on any atom is -0.370 e. The first kappa shape index (κ1) is 24.3. The Morgan fingerprint density at radius 2 is 1.69 bits per heavy atom. The van der Waals surface area contributed by atoms with Crippen LogP contribution in [0.3, 0.4) is 0 Å². The van der Waals surface area contributed by atoms with E-state index < -0.39 is 15.9 Å². The molecule has 0 radical (unpaired) electrons. The van der Waals surface area contributed by atoms with Gasteiger partial charge in [-0.2, -0.15) is 5.26 Å². The van der Waals surface area contributed by atoms with Gasteiger partial charge in [0.15, 0.2) is 0 Å². The third-order valence-electron chi connectivity index (χ3n) is 5.55. The van der Waals surface area contributed by atoms with Gasteiger partial charge in [-0.3, -0.25) is 9.52 Å². The number of amides is 1. The first-order chi connectivity index (χ1) is 16.9. The van der Waals surface area contributed by atoms with E-state index in [1.807, 2.05) is 24.3 Å². The smallest absolute Gasteiger partial charge is 0.266 e. The Morgan fingerprint density at radius 1 is 1.00 bits per heavy atom. The average Bonchev–Trinajstić information content (AvgIpc) is 3.39. The van der Waals surface area contributed by atoms with Crippen LogP contribution in [0.2, 0.25) is 5.02 Å². The maximum absolute atomic E-state index is 13.1. The van der Waals surface area contributed by atoms with Crippen molar-refractivity contribution in [3.05, 3.63) is 89.0 Å². The summed E-state index contributed by atoms with van der Waals surface area (Å²) in [6.45, 7) is 1.59. The van der Waals surface area contributed by atoms with Gasteiger partial charge in [-0.1, -0.05) is 41.9 Å². The maximum Gasteiger partial charge on any atom is 0.266 e. The van der Waals surface area contributed by atoms with Crippen LogP contribution in [0, 0.1) is 11.3 Å². The van der Waals surface area contributed by atoms with E-state index in [-0.39, 0.29) is 10.5 Å². The number of hydrogen-bond acceptors (Lipinski definition) is 5. The number of nitriles is 1. The van der Waals surface area contributed by atoms with E-state index in [1.165, 1.54) is 18.2 Å². The Hall–Kier alpha value is -3.80. The molecule has 1 amide bonds. The zero-order chi connectivity index (χ0) is 24.8. The lowest BCUT2D eigenvalue weighted by molar-refractivity contribution is -0.112. The summed E-state index contributed by atoms with van der Waals surface area (Å²) in [7, 11) is -3.94. The second-order valence-corrected chi connectivity index (χ2v) is 10.1. The molecule has 7 nitrogen and oxygen atoms in total. The lowest BCUT2D eigenvalue weighted by atomic mass is 10.1. The van der Waals surface area contributed by atoms with Crippen molar-refractivity contribution in [3.8, 4) is 6.07 Å². The third-order valence-corrected chi connectivity index (χ3v) is 7.18. The Bertz CT molecular complexity index is 1390. The van der Waals surface area contributed by atoms with Gasteiger partial charge in [0.25, 0.3) is 15.9 Å². The largest absolute Gasteiger partial charge is 0.370 e. The molecule has 35 heavy (non-hydrogen) atoms. The number of carbonyl (C=O) groups is 1. The zero-order valence-corrected chi connectivity index (χ0v) is 20.3. The van der Waals surface area contributed by atoms with Gasteiger partial charge in [0.2, 0.25) is 0 Å². The molecular formula is C26H23ClN4O3S. The fourth-order valence-electron chi connectivity index (χ4n) is 3.80. The number of carbonyl (C=O) groups excluding carboxylic acids is 1. The summed E-state index contributed by atoms with van der Waals surface area (Å²) in [6.07, 6.45) is 3.50. The van der Waals surface area contributed by atoms with Crippen molar-refractivity contribution in [1.29, 1.82) is 5.26 Å². The first-order valence-electron chi connectivity index (χ1n) is 11.0. The van der Waals surface area contributed by atoms with Crippen molar-refractivity contribution in [2.45, 2.75) is 17.7 Å². The molecule has 0 aromatic heterocycles. The van der Waals surface area contributed by atoms with Crippen molar-refractivity contribution in [2.75, 3.05) is 28.0 Å². The number of hydrogen-bond donors (Lipinski definition) is 2. The van der Waals surface area contributed by atoms with Crippen molar-refractivity contribution < 1.29 is 13.2 Å². The first-order valence-corrected chi connectivity index (χ1v) is 12.9. The van der Waals surface area contributed by atoms with Crippen LogP contribution in [-0.2, 0) is 14.8 Å². The molecule has 0 spiro atoms. The normalized spacial score (nSPS) is 13.8. The molecule has 178 valence electrons. The highest BCUT2D eigenvalue weighted by molar-refractivity contribution is 7.92. The molecule has 1 fully saturated rings. The second-order valence-electron chi connectivity index (χ2n) is 8.02. The predicted octanol–water partition coefficient (Wildman–Crippen LogP) is 5.29. The summed E-state index contributed by atoms with van der Waals surface area (Å²) in [4.78, 5) is 15.1. The van der Waals surface area contributed by atoms with E-state index in [0.29, 0.717) is 27.6 Å². The van der Waals surface area contributed by atoms with Crippen LogP contribution in [0.4, 0.5) is 17.1 Å². The Kier molecular flexibility index (Phi) is 7.39. The van der Waals surface area contributed by atoms with Gasteiger partial charge in [-0.05, 0) is 66.9 Å². The standard InChI is InChI=1S/C26H23ClN4O3S/c27-21-8-10-22(11-9-21)30-35(33,34)23-12-13-25(31-14-4-5-15-31)24(17-23)29-26(32)20(18-28)16-19-6-2-1-3-7-19/h1-3,6-13,16-17,30H,4-5,14-15H2,(H,29,32). The van der Waals surface area contributed by atoms with E-state index in [1.54, 1.807) is 42.5 Å². The second kappa shape index (κ2) is 10.6. The summed E-state index contributed by atoms with van der Waals surface area (Å²) >= 11 is 5.89. The van der Waals surface area contributed by atoms with Crippen molar-refractivity contribution in [3.63, 3.8) is 0 Å². The molecule has 3 aromatic rings. The van der Waals surface area contributed by atoms with E-state index in [4.69, 9.17) is 11.6 Å². The monoisotopic (exact) mass is 506 g/mol. The van der Waals surface area contributed by atoms with Crippen LogP contribution in [0.5, 0.6) is 0 Å². The SMILES string of the molecule is N#CC(=Cc1ccccc1)C(=O)Nc1cc(S(=O)(=O)Nc2ccc(Cl)cc2)ccc1N1CCCC1. The molecule has 1 aliphatic heterocycles. The van der Waals surface area contributed by atoms with Crippen LogP contribution in [0.25, 0.3) is 6.08 Å². The number of halogens is 1. The summed E-state index contributed by atoms with van der Waals surface area (Å²) in [6, 6.07) is 21.9. The molecule has 9 heteroatoms. The van der Waals surface area contributed by atoms with Gasteiger partial charge in [0.05, 0.1) is 16.3 Å². The fraction of sp³-hybridized carbons (Fsp3) is 0.154. The molecule has 1 saturated heterocycles. The molecule has 0 aliphatic carbocycles. The quantitative estimate of drug-likeness (QED) is 0.335. The maximum atomic E-state index is 13.1. The molecule has 0 unspecified atom stereocenters. The number of anilines is 3. The lowest BCUT2D eigenvalue weighted by Gasteiger charge is -2.22. The van der Waals surface area contributed by atoms with Gasteiger partial charge in [0.1, 0.15) is 11.6 Å². The predicted molar refractivity (Wildman–Crippen MR) is 139 cm³/mol. The van der Waals surface area contributed by atoms with Crippen LogP contribution in [-0.4, -0.2) is 27.4 Å². The Morgan fingerprint density at radius 3 is 2.34 bits per heavy atom. The van der Waals surface area contributed by atoms with Gasteiger partial charge in [-0.25, -0.2) is 8.42 Å². The molecule has 1 heterocycles. The minimum absolute atomic E-state index is 0.0174. The fourth-order valence-corrected chi connectivity index (χ4v) is 5.01. The summed E-state index contributed by atoms with van der Waals surface area (Å²) < 4.78 is 28.6. The lowest BCUT2D eigenvalue weighted by Crippen LogP contribution is -2.22. The van der Waals surface area contributed by atoms with Crippen molar-refractivity contribution in [1.82, 2.24) is 0 Å². The molecule has 0 atom stereocenters. The number of nitrogens with one attached hydrogen (secondary N) is 2. The van der Waals surface area contributed by atoms with Crippen LogP contribution >= 0.6 is 11.6 Å². The Labute approximate surface area is 209 Å². The highest BCUT2D eigenvalue weighted by atomic mass is 35.5. The summed E-state index contributed by atoms with van der Waals surface area (Å²) in [5, 5.41) is 12.8. The van der Waals surface area contributed by atoms with Crippen molar-refractivity contribution >= 4 is 50.7 Å². The van der Waals surface area contributed by atoms with Gasteiger partial charge < -0.3 is 10.2 Å². The van der Waals surface area contributed by atoms with Crippen LogP contribution in [0.1, 0.15) is 18.4 Å². The molecule has 4 rings (SSSR count). The van der Waals surface area contributed by atoms with E-state index >= 15 is 0 Å². The number of benzene rings is 3. The van der Waals surface area contributed by atoms with Crippen LogP contribution in [0.15, 0.2) is 83.3 Å². The highest BCUT2D eigenvalue weighted by Crippen LogP contribution is 2.32. The summed E-state index contributed by atoms with van der Waals surface area (Å²) in [5.74, 6) is -0.614. The molecule has 1 aliphatic rings. The molecule has 2 N–H and O–H groups in total. The average molecular weight is 507 g/mol. The van der Waals surface area contributed by atoms with Gasteiger partial charge in [-0.15, -0.1) is 0 Å². The minimum atomic E-state index is -3.94. The van der Waals surface area contributed by atoms with Crippen LogP contribution < -0.4 is 14.9 Å². The highest BCUT2D eigenvalue weighted by Gasteiger charge is 2.22. The number of sulfonamides is 1. The molecule has 3 aromatic carbocycles.